The van der Waals surface area contributed by atoms with Crippen molar-refractivity contribution in [3.8, 4) is 23.0 Å². The molecule has 0 aliphatic heterocycles. The quantitative estimate of drug-likeness (QED) is 0.561. The summed E-state index contributed by atoms with van der Waals surface area (Å²) in [5.74, 6) is 2.18. The molecule has 0 unspecified atom stereocenters. The van der Waals surface area contributed by atoms with E-state index in [0.717, 1.165) is 18.4 Å². The maximum Gasteiger partial charge on any atom is 0.251 e. The van der Waals surface area contributed by atoms with Crippen LogP contribution in [0.4, 0.5) is 0 Å². The molecule has 0 aliphatic carbocycles. The average molecular weight is 403 g/mol. The maximum atomic E-state index is 12.7. The highest BCUT2D eigenvalue weighted by Crippen LogP contribution is 2.31. The predicted molar refractivity (Wildman–Crippen MR) is 111 cm³/mol. The summed E-state index contributed by atoms with van der Waals surface area (Å²) >= 11 is 0. The molecule has 0 saturated heterocycles. The Labute approximate surface area is 171 Å². The molecule has 0 heterocycles. The van der Waals surface area contributed by atoms with Gasteiger partial charge in [-0.3, -0.25) is 4.79 Å². The number of methoxy groups -OCH3 is 4. The summed E-state index contributed by atoms with van der Waals surface area (Å²) in [5.41, 5.74) is 2.29. The van der Waals surface area contributed by atoms with Crippen molar-refractivity contribution in [3.63, 3.8) is 0 Å². The van der Waals surface area contributed by atoms with Crippen LogP contribution in [0.1, 0.15) is 27.9 Å². The summed E-state index contributed by atoms with van der Waals surface area (Å²) < 4.78 is 21.1. The Morgan fingerprint density at radius 2 is 1.48 bits per heavy atom. The van der Waals surface area contributed by atoms with Gasteiger partial charge in [-0.25, -0.2) is 0 Å². The molecule has 0 spiro atoms. The van der Waals surface area contributed by atoms with Crippen LogP contribution in [0, 0.1) is 0 Å². The number of carbonyl (C=O) groups is 1. The van der Waals surface area contributed by atoms with Gasteiger partial charge in [0.05, 0.1) is 28.4 Å². The van der Waals surface area contributed by atoms with Crippen molar-refractivity contribution in [2.45, 2.75) is 19.3 Å². The molecule has 29 heavy (non-hydrogen) atoms. The van der Waals surface area contributed by atoms with Gasteiger partial charge in [-0.1, -0.05) is 6.07 Å². The number of carbonyl (C=O) groups excluding carboxylic acids is 1. The number of aliphatic hydroxyl groups excluding tert-OH is 1. The molecule has 0 fully saturated rings. The first-order valence-corrected chi connectivity index (χ1v) is 9.42. The molecule has 2 aromatic rings. The van der Waals surface area contributed by atoms with Crippen molar-refractivity contribution in [1.82, 2.24) is 5.32 Å². The van der Waals surface area contributed by atoms with Crippen LogP contribution in [0.2, 0.25) is 0 Å². The topological polar surface area (TPSA) is 86.3 Å². The van der Waals surface area contributed by atoms with Crippen molar-refractivity contribution < 1.29 is 28.8 Å². The minimum absolute atomic E-state index is 0.0605. The molecule has 7 heteroatoms. The normalized spacial score (nSPS) is 10.4. The van der Waals surface area contributed by atoms with E-state index in [0.29, 0.717) is 47.1 Å². The molecule has 0 radical (unpaired) electrons. The summed E-state index contributed by atoms with van der Waals surface area (Å²) in [5, 5.41) is 12.2. The average Bonchev–Trinajstić information content (AvgIpc) is 2.76. The van der Waals surface area contributed by atoms with Crippen LogP contribution in [0.15, 0.2) is 30.3 Å². The molecule has 158 valence electrons. The lowest BCUT2D eigenvalue weighted by atomic mass is 10.0. The van der Waals surface area contributed by atoms with E-state index < -0.39 is 0 Å². The van der Waals surface area contributed by atoms with Crippen LogP contribution >= 0.6 is 0 Å². The third-order valence-electron chi connectivity index (χ3n) is 4.61. The summed E-state index contributed by atoms with van der Waals surface area (Å²) in [6.45, 7) is 0.454. The van der Waals surface area contributed by atoms with E-state index in [1.807, 2.05) is 18.2 Å². The summed E-state index contributed by atoms with van der Waals surface area (Å²) in [6, 6.07) is 9.17. The molecule has 2 rings (SSSR count). The number of amides is 1. The zero-order valence-corrected chi connectivity index (χ0v) is 17.4. The molecule has 0 saturated carbocycles. The molecule has 7 nitrogen and oxygen atoms in total. The van der Waals surface area contributed by atoms with Gasteiger partial charge >= 0.3 is 0 Å². The molecular weight excluding hydrogens is 374 g/mol. The Hall–Kier alpha value is -2.93. The predicted octanol–water partition coefficient (Wildman–Crippen LogP) is 2.62. The van der Waals surface area contributed by atoms with Crippen molar-refractivity contribution in [2.75, 3.05) is 41.6 Å². The van der Waals surface area contributed by atoms with Gasteiger partial charge in [0.15, 0.2) is 23.0 Å². The zero-order chi connectivity index (χ0) is 21.2. The fraction of sp³-hybridized carbons (Fsp3) is 0.409. The van der Waals surface area contributed by atoms with Crippen molar-refractivity contribution in [1.29, 1.82) is 0 Å². The lowest BCUT2D eigenvalue weighted by Gasteiger charge is -2.14. The monoisotopic (exact) mass is 403 g/mol. The van der Waals surface area contributed by atoms with Crippen molar-refractivity contribution >= 4 is 5.91 Å². The number of nitrogens with one attached hydrogen (secondary N) is 1. The molecule has 0 aromatic heterocycles. The minimum atomic E-state index is -0.207. The van der Waals surface area contributed by atoms with E-state index in [1.165, 1.54) is 14.2 Å². The SMILES string of the molecule is COc1ccc(CCCNC(=O)c2cc(OC)c(OC)cc2CCO)cc1OC. The Bertz CT molecular complexity index is 821. The van der Waals surface area contributed by atoms with E-state index in [2.05, 4.69) is 5.32 Å². The maximum absolute atomic E-state index is 12.7. The lowest BCUT2D eigenvalue weighted by molar-refractivity contribution is 0.0951. The number of ether oxygens (including phenoxy) is 4. The molecule has 2 N–H and O–H groups in total. The number of aliphatic hydroxyl groups is 1. The standard InChI is InChI=1S/C22H29NO6/c1-26-18-8-7-15(12-19(18)27-2)6-5-10-23-22(25)17-14-21(29-4)20(28-3)13-16(17)9-11-24/h7-8,12-14,24H,5-6,9-11H2,1-4H3,(H,23,25). The number of hydrogen-bond donors (Lipinski definition) is 2. The number of rotatable bonds is 11. The van der Waals surface area contributed by atoms with Crippen LogP contribution in [-0.2, 0) is 12.8 Å². The van der Waals surface area contributed by atoms with Crippen LogP contribution in [-0.4, -0.2) is 52.6 Å². The van der Waals surface area contributed by atoms with E-state index in [9.17, 15) is 9.90 Å². The molecular formula is C22H29NO6. The van der Waals surface area contributed by atoms with Crippen LogP contribution < -0.4 is 24.3 Å². The lowest BCUT2D eigenvalue weighted by Crippen LogP contribution is -2.26. The van der Waals surface area contributed by atoms with Gasteiger partial charge in [-0.15, -0.1) is 0 Å². The number of hydrogen-bond acceptors (Lipinski definition) is 6. The Morgan fingerprint density at radius 1 is 0.862 bits per heavy atom. The van der Waals surface area contributed by atoms with Crippen LogP contribution in [0.3, 0.4) is 0 Å². The molecule has 1 amide bonds. The molecule has 0 bridgehead atoms. The van der Waals surface area contributed by atoms with E-state index in [4.69, 9.17) is 18.9 Å². The molecule has 2 aromatic carbocycles. The Kier molecular flexibility index (Phi) is 8.61. The molecule has 0 atom stereocenters. The van der Waals surface area contributed by atoms with Crippen LogP contribution in [0.5, 0.6) is 23.0 Å². The highest BCUT2D eigenvalue weighted by molar-refractivity contribution is 5.96. The van der Waals surface area contributed by atoms with Gasteiger partial charge in [0.25, 0.3) is 5.91 Å². The first kappa shape index (κ1) is 22.4. The third kappa shape index (κ3) is 5.77. The fourth-order valence-corrected chi connectivity index (χ4v) is 3.09. The van der Waals surface area contributed by atoms with Gasteiger partial charge in [-0.2, -0.15) is 0 Å². The second-order valence-corrected chi connectivity index (χ2v) is 6.39. The number of benzene rings is 2. The smallest absolute Gasteiger partial charge is 0.251 e. The summed E-state index contributed by atoms with van der Waals surface area (Å²) in [4.78, 5) is 12.7. The van der Waals surface area contributed by atoms with Gasteiger partial charge in [-0.05, 0) is 54.7 Å². The van der Waals surface area contributed by atoms with Gasteiger partial charge in [0, 0.05) is 18.7 Å². The van der Waals surface area contributed by atoms with Crippen molar-refractivity contribution in [2.24, 2.45) is 0 Å². The summed E-state index contributed by atoms with van der Waals surface area (Å²) in [6.07, 6.45) is 1.91. The second kappa shape index (κ2) is 11.2. The van der Waals surface area contributed by atoms with E-state index in [-0.39, 0.29) is 12.5 Å². The number of aryl methyl sites for hydroxylation is 1. The van der Waals surface area contributed by atoms with Gasteiger partial charge in [0.2, 0.25) is 0 Å². The third-order valence-corrected chi connectivity index (χ3v) is 4.61. The highest BCUT2D eigenvalue weighted by atomic mass is 16.5. The zero-order valence-electron chi connectivity index (χ0n) is 17.4. The van der Waals surface area contributed by atoms with E-state index in [1.54, 1.807) is 26.4 Å². The first-order chi connectivity index (χ1) is 14.1. The van der Waals surface area contributed by atoms with Gasteiger partial charge < -0.3 is 29.4 Å². The van der Waals surface area contributed by atoms with Gasteiger partial charge in [0.1, 0.15) is 0 Å². The largest absolute Gasteiger partial charge is 0.493 e. The Morgan fingerprint density at radius 3 is 2.10 bits per heavy atom. The highest BCUT2D eigenvalue weighted by Gasteiger charge is 2.16. The first-order valence-electron chi connectivity index (χ1n) is 9.42. The van der Waals surface area contributed by atoms with Crippen molar-refractivity contribution in [3.05, 3.63) is 47.0 Å². The summed E-state index contributed by atoms with van der Waals surface area (Å²) in [7, 11) is 6.27. The second-order valence-electron chi connectivity index (χ2n) is 6.39. The van der Waals surface area contributed by atoms with E-state index >= 15 is 0 Å². The Balaban J connectivity index is 2.00. The fourth-order valence-electron chi connectivity index (χ4n) is 3.09. The minimum Gasteiger partial charge on any atom is -0.493 e. The molecule has 0 aliphatic rings. The van der Waals surface area contributed by atoms with Crippen LogP contribution in [0.25, 0.3) is 0 Å².